The minimum absolute atomic E-state index is 0. The second kappa shape index (κ2) is 6.66. The van der Waals surface area contributed by atoms with Crippen molar-refractivity contribution >= 4 is 30.2 Å². The Morgan fingerprint density at radius 3 is 2.63 bits per heavy atom. The summed E-state index contributed by atoms with van der Waals surface area (Å²) in [6, 6.07) is 12.2. The third-order valence-corrected chi connectivity index (χ3v) is 3.37. The van der Waals surface area contributed by atoms with Gasteiger partial charge in [-0.05, 0) is 23.8 Å². The summed E-state index contributed by atoms with van der Waals surface area (Å²) < 4.78 is 2.14. The van der Waals surface area contributed by atoms with Crippen LogP contribution in [0.25, 0.3) is 6.20 Å². The Hall–Kier alpha value is -1.42. The van der Waals surface area contributed by atoms with Crippen molar-refractivity contribution in [2.45, 2.75) is 13.1 Å². The SMILES string of the molecule is Cl.Clc1ccccc1CN1C=Cn2cccc2C1.O. The van der Waals surface area contributed by atoms with Gasteiger partial charge in [0.2, 0.25) is 0 Å². The lowest BCUT2D eigenvalue weighted by Gasteiger charge is -2.25. The van der Waals surface area contributed by atoms with Gasteiger partial charge >= 0.3 is 0 Å². The predicted octanol–water partition coefficient (Wildman–Crippen LogP) is 3.18. The lowest BCUT2D eigenvalue weighted by atomic mass is 10.2. The number of aromatic nitrogens is 1. The van der Waals surface area contributed by atoms with E-state index in [9.17, 15) is 0 Å². The van der Waals surface area contributed by atoms with Crippen molar-refractivity contribution in [2.24, 2.45) is 0 Å². The molecule has 1 aromatic carbocycles. The molecule has 0 atom stereocenters. The lowest BCUT2D eigenvalue weighted by molar-refractivity contribution is 0.348. The van der Waals surface area contributed by atoms with Gasteiger partial charge in [0.1, 0.15) is 0 Å². The zero-order chi connectivity index (χ0) is 11.7. The fourth-order valence-electron chi connectivity index (χ4n) is 2.09. The monoisotopic (exact) mass is 298 g/mol. The Labute approximate surface area is 123 Å². The Morgan fingerprint density at radius 1 is 1.05 bits per heavy atom. The van der Waals surface area contributed by atoms with Gasteiger partial charge in [0.05, 0.1) is 6.54 Å². The highest BCUT2D eigenvalue weighted by atomic mass is 35.5. The first-order valence-corrected chi connectivity index (χ1v) is 6.02. The average Bonchev–Trinajstić information content (AvgIpc) is 2.79. The van der Waals surface area contributed by atoms with Crippen molar-refractivity contribution in [3.05, 3.63) is 65.1 Å². The van der Waals surface area contributed by atoms with E-state index in [-0.39, 0.29) is 17.9 Å². The number of hydrogen-bond donors (Lipinski definition) is 0. The summed E-state index contributed by atoms with van der Waals surface area (Å²) in [5.74, 6) is 0. The number of hydrogen-bond acceptors (Lipinski definition) is 1. The summed E-state index contributed by atoms with van der Waals surface area (Å²) >= 11 is 6.17. The maximum absolute atomic E-state index is 6.17. The van der Waals surface area contributed by atoms with Crippen LogP contribution in [0, 0.1) is 0 Å². The molecule has 102 valence electrons. The molecule has 1 aromatic heterocycles. The van der Waals surface area contributed by atoms with Gasteiger partial charge in [0.25, 0.3) is 0 Å². The van der Waals surface area contributed by atoms with Crippen LogP contribution in [0.4, 0.5) is 0 Å². The molecular formula is C14H16Cl2N2O. The van der Waals surface area contributed by atoms with E-state index in [1.54, 1.807) is 0 Å². The normalized spacial score (nSPS) is 12.4. The third-order valence-electron chi connectivity index (χ3n) is 3.00. The minimum Gasteiger partial charge on any atom is -0.412 e. The Balaban J connectivity index is 0.000000902. The van der Waals surface area contributed by atoms with Gasteiger partial charge in [-0.3, -0.25) is 0 Å². The van der Waals surface area contributed by atoms with Crippen LogP contribution in [0.3, 0.4) is 0 Å². The largest absolute Gasteiger partial charge is 0.412 e. The molecule has 0 saturated carbocycles. The van der Waals surface area contributed by atoms with Crippen molar-refractivity contribution in [1.82, 2.24) is 9.47 Å². The quantitative estimate of drug-likeness (QED) is 0.839. The molecule has 0 unspecified atom stereocenters. The van der Waals surface area contributed by atoms with E-state index >= 15 is 0 Å². The van der Waals surface area contributed by atoms with Gasteiger partial charge in [-0.2, -0.15) is 0 Å². The minimum atomic E-state index is 0. The van der Waals surface area contributed by atoms with Crippen LogP contribution in [-0.4, -0.2) is 14.9 Å². The number of fused-ring (bicyclic) bond motifs is 1. The molecular weight excluding hydrogens is 283 g/mol. The first-order chi connectivity index (χ1) is 8.33. The van der Waals surface area contributed by atoms with Gasteiger partial charge in [0.15, 0.2) is 0 Å². The Bertz CT molecular complexity index is 566. The van der Waals surface area contributed by atoms with Gasteiger partial charge < -0.3 is 14.9 Å². The standard InChI is InChI=1S/C14H13ClN2.ClH.H2O/c15-14-6-2-1-4-12(14)10-16-8-9-17-7-3-5-13(17)11-16;;/h1-9H,10-11H2;1H;1H2. The molecule has 0 aliphatic carbocycles. The molecule has 0 saturated heterocycles. The molecule has 2 N–H and O–H groups in total. The summed E-state index contributed by atoms with van der Waals surface area (Å²) in [4.78, 5) is 2.26. The molecule has 3 nitrogen and oxygen atoms in total. The van der Waals surface area contributed by atoms with Crippen LogP contribution in [-0.2, 0) is 13.1 Å². The fourth-order valence-corrected chi connectivity index (χ4v) is 2.28. The molecule has 1 aliphatic rings. The molecule has 1 aliphatic heterocycles. The second-order valence-corrected chi connectivity index (χ2v) is 4.61. The number of rotatable bonds is 2. The van der Waals surface area contributed by atoms with Gasteiger partial charge in [-0.25, -0.2) is 0 Å². The topological polar surface area (TPSA) is 39.7 Å². The van der Waals surface area contributed by atoms with Crippen molar-refractivity contribution in [3.63, 3.8) is 0 Å². The first kappa shape index (κ1) is 15.6. The average molecular weight is 299 g/mol. The van der Waals surface area contributed by atoms with E-state index in [0.29, 0.717) is 0 Å². The number of halogens is 2. The summed E-state index contributed by atoms with van der Waals surface area (Å²) in [6.45, 7) is 1.77. The van der Waals surface area contributed by atoms with Gasteiger partial charge in [-0.15, -0.1) is 12.4 Å². The van der Waals surface area contributed by atoms with E-state index in [2.05, 4.69) is 46.3 Å². The highest BCUT2D eigenvalue weighted by Crippen LogP contribution is 2.20. The molecule has 19 heavy (non-hydrogen) atoms. The van der Waals surface area contributed by atoms with Gasteiger partial charge in [-0.1, -0.05) is 29.8 Å². The van der Waals surface area contributed by atoms with E-state index in [0.717, 1.165) is 18.1 Å². The van der Waals surface area contributed by atoms with Crippen LogP contribution < -0.4 is 0 Å². The third kappa shape index (κ3) is 3.32. The van der Waals surface area contributed by atoms with E-state index in [1.807, 2.05) is 18.2 Å². The lowest BCUT2D eigenvalue weighted by Crippen LogP contribution is -2.21. The predicted molar refractivity (Wildman–Crippen MR) is 81.3 cm³/mol. The van der Waals surface area contributed by atoms with Crippen molar-refractivity contribution in [1.29, 1.82) is 0 Å². The van der Waals surface area contributed by atoms with Crippen LogP contribution in [0.1, 0.15) is 11.3 Å². The Morgan fingerprint density at radius 2 is 1.84 bits per heavy atom. The summed E-state index contributed by atoms with van der Waals surface area (Å²) in [5, 5.41) is 0.835. The molecule has 3 rings (SSSR count). The molecule has 0 bridgehead atoms. The van der Waals surface area contributed by atoms with Crippen LogP contribution in [0.2, 0.25) is 5.02 Å². The highest BCUT2D eigenvalue weighted by Gasteiger charge is 2.10. The molecule has 2 aromatic rings. The zero-order valence-corrected chi connectivity index (χ0v) is 11.9. The summed E-state index contributed by atoms with van der Waals surface area (Å²) in [6.07, 6.45) is 6.25. The molecule has 5 heteroatoms. The zero-order valence-electron chi connectivity index (χ0n) is 10.3. The van der Waals surface area contributed by atoms with E-state index in [1.165, 1.54) is 11.3 Å². The maximum atomic E-state index is 6.17. The number of nitrogens with zero attached hydrogens (tertiary/aromatic N) is 2. The smallest absolute Gasteiger partial charge is 0.0584 e. The molecule has 0 radical (unpaired) electrons. The molecule has 2 heterocycles. The van der Waals surface area contributed by atoms with Crippen LogP contribution in [0.5, 0.6) is 0 Å². The van der Waals surface area contributed by atoms with Crippen molar-refractivity contribution < 1.29 is 5.48 Å². The van der Waals surface area contributed by atoms with E-state index in [4.69, 9.17) is 11.6 Å². The Kier molecular flexibility index (Phi) is 5.48. The number of benzene rings is 1. The summed E-state index contributed by atoms with van der Waals surface area (Å²) in [7, 11) is 0. The maximum Gasteiger partial charge on any atom is 0.0584 e. The second-order valence-electron chi connectivity index (χ2n) is 4.20. The van der Waals surface area contributed by atoms with Crippen molar-refractivity contribution in [3.8, 4) is 0 Å². The summed E-state index contributed by atoms with van der Waals surface area (Å²) in [5.41, 5.74) is 2.47. The molecule has 0 amide bonds. The fraction of sp³-hybridized carbons (Fsp3) is 0.143. The van der Waals surface area contributed by atoms with Crippen LogP contribution in [0.15, 0.2) is 48.8 Å². The highest BCUT2D eigenvalue weighted by molar-refractivity contribution is 6.31. The molecule has 0 fully saturated rings. The first-order valence-electron chi connectivity index (χ1n) is 5.64. The molecule has 0 spiro atoms. The van der Waals surface area contributed by atoms with E-state index < -0.39 is 0 Å². The van der Waals surface area contributed by atoms with Gasteiger partial charge in [0, 0.05) is 35.9 Å². The van der Waals surface area contributed by atoms with Crippen LogP contribution >= 0.6 is 24.0 Å². The van der Waals surface area contributed by atoms with Crippen molar-refractivity contribution in [2.75, 3.05) is 0 Å².